The van der Waals surface area contributed by atoms with Gasteiger partial charge in [0.25, 0.3) is 0 Å². The number of hydrogen-bond donors (Lipinski definition) is 1. The number of fused-ring (bicyclic) bond motifs is 1. The van der Waals surface area contributed by atoms with Gasteiger partial charge in [-0.1, -0.05) is 48.7 Å². The first-order valence-electron chi connectivity index (χ1n) is 7.09. The predicted octanol–water partition coefficient (Wildman–Crippen LogP) is 3.02. The molecule has 1 aliphatic rings. The monoisotopic (exact) mass is 291 g/mol. The first kappa shape index (κ1) is 13.6. The van der Waals surface area contributed by atoms with Crippen molar-refractivity contribution in [3.05, 3.63) is 29.4 Å². The highest BCUT2D eigenvalue weighted by Crippen LogP contribution is 2.32. The molecule has 1 aromatic heterocycles. The van der Waals surface area contributed by atoms with Crippen LogP contribution >= 0.6 is 11.6 Å². The molecule has 0 spiro atoms. The highest BCUT2D eigenvalue weighted by molar-refractivity contribution is 6.34. The molecule has 20 heavy (non-hydrogen) atoms. The second-order valence-electron chi connectivity index (χ2n) is 5.22. The molecule has 0 radical (unpaired) electrons. The summed E-state index contributed by atoms with van der Waals surface area (Å²) >= 11 is 6.13. The van der Waals surface area contributed by atoms with Crippen LogP contribution in [-0.4, -0.2) is 34.5 Å². The Morgan fingerprint density at radius 1 is 1.15 bits per heavy atom. The average Bonchev–Trinajstić information content (AvgIpc) is 3.00. The van der Waals surface area contributed by atoms with E-state index in [1.54, 1.807) is 0 Å². The summed E-state index contributed by atoms with van der Waals surface area (Å²) in [6.07, 6.45) is 4.79. The van der Waals surface area contributed by atoms with Gasteiger partial charge >= 0.3 is 0 Å². The van der Waals surface area contributed by atoms with E-state index in [-0.39, 0.29) is 6.61 Å². The van der Waals surface area contributed by atoms with E-state index < -0.39 is 0 Å². The zero-order chi connectivity index (χ0) is 13.9. The zero-order valence-corrected chi connectivity index (χ0v) is 12.1. The molecule has 1 aromatic carbocycles. The molecule has 2 aromatic rings. The van der Waals surface area contributed by atoms with Gasteiger partial charge in [0.15, 0.2) is 11.0 Å². The maximum atomic E-state index is 9.37. The first-order valence-corrected chi connectivity index (χ1v) is 7.47. The lowest BCUT2D eigenvalue weighted by Gasteiger charge is -2.30. The van der Waals surface area contributed by atoms with E-state index in [2.05, 4.69) is 15.1 Å². The Hall–Kier alpha value is -1.39. The van der Waals surface area contributed by atoms with E-state index in [1.807, 2.05) is 24.3 Å². The van der Waals surface area contributed by atoms with Gasteiger partial charge in [-0.15, -0.1) is 10.2 Å². The van der Waals surface area contributed by atoms with Gasteiger partial charge in [0.1, 0.15) is 0 Å². The Morgan fingerprint density at radius 3 is 2.55 bits per heavy atom. The van der Waals surface area contributed by atoms with E-state index in [9.17, 15) is 5.11 Å². The number of nitrogens with zero attached hydrogens (tertiary/aromatic N) is 3. The number of aliphatic hydroxyl groups is 1. The van der Waals surface area contributed by atoms with Crippen molar-refractivity contribution in [2.24, 2.45) is 0 Å². The highest BCUT2D eigenvalue weighted by Gasteiger charge is 2.25. The van der Waals surface area contributed by atoms with Crippen LogP contribution in [0, 0.1) is 0 Å². The van der Waals surface area contributed by atoms with E-state index >= 15 is 0 Å². The van der Waals surface area contributed by atoms with E-state index in [4.69, 9.17) is 11.6 Å². The Labute approximate surface area is 123 Å². The lowest BCUT2D eigenvalue weighted by atomic mass is 10.1. The summed E-state index contributed by atoms with van der Waals surface area (Å²) in [5, 5.41) is 20.1. The molecule has 0 aliphatic heterocycles. The molecule has 1 aliphatic carbocycles. The van der Waals surface area contributed by atoms with Crippen LogP contribution in [0.15, 0.2) is 24.3 Å². The Balaban J connectivity index is 2.08. The molecule has 106 valence electrons. The summed E-state index contributed by atoms with van der Waals surface area (Å²) in [4.78, 5) is 2.19. The van der Waals surface area contributed by atoms with Crippen molar-refractivity contribution in [3.8, 4) is 0 Å². The fraction of sp³-hybridized carbons (Fsp3) is 0.467. The van der Waals surface area contributed by atoms with Crippen LogP contribution in [0.1, 0.15) is 25.7 Å². The van der Waals surface area contributed by atoms with Crippen molar-refractivity contribution in [1.29, 1.82) is 0 Å². The predicted molar refractivity (Wildman–Crippen MR) is 81.2 cm³/mol. The molecule has 5 heteroatoms. The van der Waals surface area contributed by atoms with Gasteiger partial charge in [-0.25, -0.2) is 0 Å². The molecule has 0 bridgehead atoms. The topological polar surface area (TPSA) is 49.2 Å². The van der Waals surface area contributed by atoms with Crippen LogP contribution in [0.3, 0.4) is 0 Å². The summed E-state index contributed by atoms with van der Waals surface area (Å²) in [6, 6.07) is 8.36. The summed E-state index contributed by atoms with van der Waals surface area (Å²) in [6.45, 7) is 0.708. The minimum atomic E-state index is 0.120. The van der Waals surface area contributed by atoms with Crippen molar-refractivity contribution in [3.63, 3.8) is 0 Å². The molecular formula is C15H18ClN3O. The van der Waals surface area contributed by atoms with Gasteiger partial charge in [0, 0.05) is 23.4 Å². The normalized spacial score (nSPS) is 15.9. The standard InChI is InChI=1S/C15H18ClN3O/c16-14-12-7-3-4-8-13(12)15(18-17-14)19(9-10-20)11-5-1-2-6-11/h3-4,7-8,11,20H,1-2,5-6,9-10H2. The minimum absolute atomic E-state index is 0.120. The third kappa shape index (κ3) is 2.45. The first-order chi connectivity index (χ1) is 9.81. The van der Waals surface area contributed by atoms with Crippen LogP contribution in [-0.2, 0) is 0 Å². The molecule has 4 nitrogen and oxygen atoms in total. The number of benzene rings is 1. The molecular weight excluding hydrogens is 274 g/mol. The molecule has 0 atom stereocenters. The number of halogens is 1. The fourth-order valence-corrected chi connectivity index (χ4v) is 3.26. The summed E-state index contributed by atoms with van der Waals surface area (Å²) in [7, 11) is 0. The molecule has 1 N–H and O–H groups in total. The number of rotatable bonds is 4. The van der Waals surface area contributed by atoms with Crippen molar-refractivity contribution in [1.82, 2.24) is 10.2 Å². The average molecular weight is 292 g/mol. The summed E-state index contributed by atoms with van der Waals surface area (Å²) in [5.41, 5.74) is 0. The SMILES string of the molecule is OCCN(c1nnc(Cl)c2ccccc12)C1CCCC1. The molecule has 3 rings (SSSR count). The van der Waals surface area contributed by atoms with Gasteiger partial charge in [-0.2, -0.15) is 0 Å². The number of aromatic nitrogens is 2. The number of aliphatic hydroxyl groups excluding tert-OH is 1. The Bertz CT molecular complexity index is 599. The van der Waals surface area contributed by atoms with Crippen LogP contribution in [0.2, 0.25) is 5.15 Å². The van der Waals surface area contributed by atoms with Crippen molar-refractivity contribution in [2.75, 3.05) is 18.1 Å². The maximum Gasteiger partial charge on any atom is 0.159 e. The highest BCUT2D eigenvalue weighted by atomic mass is 35.5. The summed E-state index contributed by atoms with van der Waals surface area (Å²) < 4.78 is 0. The van der Waals surface area contributed by atoms with Gasteiger partial charge in [-0.05, 0) is 12.8 Å². The fourth-order valence-electron chi connectivity index (χ4n) is 3.05. The zero-order valence-electron chi connectivity index (χ0n) is 11.3. The van der Waals surface area contributed by atoms with Gasteiger partial charge < -0.3 is 10.0 Å². The molecule has 1 saturated carbocycles. The van der Waals surface area contributed by atoms with Crippen LogP contribution in [0.25, 0.3) is 10.8 Å². The van der Waals surface area contributed by atoms with E-state index in [1.165, 1.54) is 12.8 Å². The third-order valence-corrected chi connectivity index (χ3v) is 4.28. The smallest absolute Gasteiger partial charge is 0.159 e. The van der Waals surface area contributed by atoms with Crippen LogP contribution in [0.5, 0.6) is 0 Å². The third-order valence-electron chi connectivity index (χ3n) is 4.00. The lowest BCUT2D eigenvalue weighted by molar-refractivity contribution is 0.297. The largest absolute Gasteiger partial charge is 0.395 e. The lowest BCUT2D eigenvalue weighted by Crippen LogP contribution is -2.36. The second-order valence-corrected chi connectivity index (χ2v) is 5.57. The van der Waals surface area contributed by atoms with Crippen molar-refractivity contribution in [2.45, 2.75) is 31.7 Å². The molecule has 0 saturated heterocycles. The van der Waals surface area contributed by atoms with E-state index in [0.717, 1.165) is 29.4 Å². The number of anilines is 1. The quantitative estimate of drug-likeness (QED) is 0.941. The van der Waals surface area contributed by atoms with Crippen LogP contribution in [0.4, 0.5) is 5.82 Å². The van der Waals surface area contributed by atoms with Crippen LogP contribution < -0.4 is 4.90 Å². The minimum Gasteiger partial charge on any atom is -0.395 e. The second kappa shape index (κ2) is 5.94. The maximum absolute atomic E-state index is 9.37. The Morgan fingerprint density at radius 2 is 1.85 bits per heavy atom. The molecule has 0 unspecified atom stereocenters. The summed E-state index contributed by atoms with van der Waals surface area (Å²) in [5.74, 6) is 0.839. The van der Waals surface area contributed by atoms with Gasteiger partial charge in [-0.3, -0.25) is 0 Å². The van der Waals surface area contributed by atoms with Crippen molar-refractivity contribution >= 4 is 28.2 Å². The Kier molecular flexibility index (Phi) is 4.03. The molecule has 1 fully saturated rings. The van der Waals surface area contributed by atoms with Gasteiger partial charge in [0.2, 0.25) is 0 Å². The molecule has 0 amide bonds. The molecule has 1 heterocycles. The van der Waals surface area contributed by atoms with Gasteiger partial charge in [0.05, 0.1) is 6.61 Å². The van der Waals surface area contributed by atoms with E-state index in [0.29, 0.717) is 17.7 Å². The van der Waals surface area contributed by atoms with Crippen molar-refractivity contribution < 1.29 is 5.11 Å². The number of hydrogen-bond acceptors (Lipinski definition) is 4.